The molecule has 13 heteroatoms. The van der Waals surface area contributed by atoms with E-state index in [0.717, 1.165) is 33.4 Å². The fourth-order valence-electron chi connectivity index (χ4n) is 8.35. The van der Waals surface area contributed by atoms with E-state index in [1.165, 1.54) is 12.2 Å². The summed E-state index contributed by atoms with van der Waals surface area (Å²) in [5, 5.41) is 11.6. The van der Waals surface area contributed by atoms with E-state index in [1.54, 1.807) is 0 Å². The van der Waals surface area contributed by atoms with Crippen LogP contribution in [-0.4, -0.2) is 56.0 Å². The quantitative estimate of drug-likeness (QED) is 0.0465. The summed E-state index contributed by atoms with van der Waals surface area (Å²) in [5.74, 6) is -3.38. The standard InChI is InChI=1S/C60H66N4O8S/c1-43(2)39-53(63-59(67)71-41-45-23-11-5-12-24-45)57(65)61-51(55(47-27-15-7-16-28-47)48-29-17-8-18-30-48)35-37-73(69,70)38-36-52(56(49-31-19-9-20-32-49)50-33-21-10-22-34-50)62-58(66)54(40-44(3)4)64-60(68)72-42-46-25-13-6-14-26-46/h5-36,43-44,53-56H,37-42H2,1-4H3,(H,61,65)(H,62,66)(H,63,67)(H,64,68)/t53-,54-/m0/s1. The minimum Gasteiger partial charge on any atom is -0.445 e. The van der Waals surface area contributed by atoms with Crippen LogP contribution in [-0.2, 0) is 42.1 Å². The van der Waals surface area contributed by atoms with Crippen molar-refractivity contribution in [3.8, 4) is 0 Å². The molecule has 6 aromatic rings. The maximum atomic E-state index is 14.6. The predicted molar refractivity (Wildman–Crippen MR) is 287 cm³/mol. The first-order chi connectivity index (χ1) is 35.2. The number of sulfone groups is 1. The second-order valence-electron chi connectivity index (χ2n) is 18.7. The molecule has 0 saturated heterocycles. The second-order valence-corrected chi connectivity index (χ2v) is 20.8. The molecule has 4 N–H and O–H groups in total. The molecule has 0 unspecified atom stereocenters. The minimum absolute atomic E-state index is 0.00627. The first kappa shape index (κ1) is 54.6. The first-order valence-corrected chi connectivity index (χ1v) is 26.4. The third-order valence-corrected chi connectivity index (χ3v) is 13.2. The number of hydrogen-bond acceptors (Lipinski definition) is 8. The van der Waals surface area contributed by atoms with Gasteiger partial charge in [0.1, 0.15) is 25.3 Å². The molecule has 6 aromatic carbocycles. The average Bonchev–Trinajstić information content (AvgIpc) is 3.39. The van der Waals surface area contributed by atoms with E-state index in [-0.39, 0.29) is 37.9 Å². The molecule has 0 heterocycles. The summed E-state index contributed by atoms with van der Waals surface area (Å²) in [7, 11) is -4.06. The largest absolute Gasteiger partial charge is 0.445 e. The van der Waals surface area contributed by atoms with E-state index in [1.807, 2.05) is 210 Å². The number of carbonyl (C=O) groups is 4. The van der Waals surface area contributed by atoms with Gasteiger partial charge in [-0.3, -0.25) is 9.59 Å². The first-order valence-electron chi connectivity index (χ1n) is 24.6. The number of amides is 4. The van der Waals surface area contributed by atoms with Crippen LogP contribution < -0.4 is 21.3 Å². The summed E-state index contributed by atoms with van der Waals surface area (Å²) in [6, 6.07) is 54.1. The van der Waals surface area contributed by atoms with Crippen molar-refractivity contribution in [2.75, 3.05) is 11.5 Å². The van der Waals surface area contributed by atoms with Crippen molar-refractivity contribution in [3.05, 3.63) is 239 Å². The van der Waals surface area contributed by atoms with E-state index < -0.39 is 69.3 Å². The summed E-state index contributed by atoms with van der Waals surface area (Å²) >= 11 is 0. The van der Waals surface area contributed by atoms with Gasteiger partial charge in [-0.2, -0.15) is 0 Å². The van der Waals surface area contributed by atoms with E-state index in [2.05, 4.69) is 21.3 Å². The van der Waals surface area contributed by atoms with Gasteiger partial charge in [-0.1, -0.05) is 210 Å². The molecular weight excluding hydrogens is 937 g/mol. The van der Waals surface area contributed by atoms with Crippen LogP contribution in [0.2, 0.25) is 0 Å². The molecular formula is C60H66N4O8S. The number of nitrogens with one attached hydrogen (secondary N) is 4. The Morgan fingerprint density at radius 3 is 0.986 bits per heavy atom. The Bertz CT molecular complexity index is 2580. The van der Waals surface area contributed by atoms with Crippen LogP contribution in [0.3, 0.4) is 0 Å². The Kier molecular flexibility index (Phi) is 20.7. The van der Waals surface area contributed by atoms with Crippen molar-refractivity contribution in [3.63, 3.8) is 0 Å². The zero-order valence-electron chi connectivity index (χ0n) is 41.9. The third-order valence-electron chi connectivity index (χ3n) is 11.9. The van der Waals surface area contributed by atoms with Crippen LogP contribution in [0.5, 0.6) is 0 Å². The van der Waals surface area contributed by atoms with Crippen molar-refractivity contribution in [1.29, 1.82) is 0 Å². The van der Waals surface area contributed by atoms with Gasteiger partial charge in [0.25, 0.3) is 0 Å². The fourth-order valence-corrected chi connectivity index (χ4v) is 9.35. The molecule has 0 aliphatic heterocycles. The summed E-state index contributed by atoms with van der Waals surface area (Å²) in [6.07, 6.45) is 2.03. The molecule has 0 aliphatic carbocycles. The van der Waals surface area contributed by atoms with E-state index >= 15 is 0 Å². The van der Waals surface area contributed by atoms with Gasteiger partial charge in [-0.05, 0) is 70.2 Å². The highest BCUT2D eigenvalue weighted by Crippen LogP contribution is 2.33. The second kappa shape index (κ2) is 27.7. The molecule has 0 bridgehead atoms. The van der Waals surface area contributed by atoms with Crippen LogP contribution in [0.25, 0.3) is 0 Å². The highest BCUT2D eigenvalue weighted by molar-refractivity contribution is 7.91. The van der Waals surface area contributed by atoms with E-state index in [9.17, 15) is 27.6 Å². The van der Waals surface area contributed by atoms with Gasteiger partial charge in [-0.25, -0.2) is 18.0 Å². The Labute approximate surface area is 430 Å². The monoisotopic (exact) mass is 1000 g/mol. The van der Waals surface area contributed by atoms with Crippen molar-refractivity contribution < 1.29 is 37.1 Å². The smallest absolute Gasteiger partial charge is 0.408 e. The molecule has 380 valence electrons. The molecule has 0 aromatic heterocycles. The van der Waals surface area contributed by atoms with Crippen molar-refractivity contribution >= 4 is 33.8 Å². The zero-order valence-corrected chi connectivity index (χ0v) is 42.7. The Morgan fingerprint density at radius 2 is 0.712 bits per heavy atom. The number of carbonyl (C=O) groups excluding carboxylic acids is 4. The van der Waals surface area contributed by atoms with Gasteiger partial charge in [0.15, 0.2) is 9.84 Å². The lowest BCUT2D eigenvalue weighted by molar-refractivity contribution is -0.123. The summed E-state index contributed by atoms with van der Waals surface area (Å²) in [5.41, 5.74) is 5.33. The van der Waals surface area contributed by atoms with Crippen molar-refractivity contribution in [2.24, 2.45) is 11.8 Å². The maximum Gasteiger partial charge on any atom is 0.408 e. The zero-order chi connectivity index (χ0) is 52.0. The van der Waals surface area contributed by atoms with Crippen LogP contribution in [0.4, 0.5) is 9.59 Å². The number of ether oxygens (including phenoxy) is 2. The molecule has 2 atom stereocenters. The van der Waals surface area contributed by atoms with E-state index in [0.29, 0.717) is 11.4 Å². The molecule has 0 fully saturated rings. The number of benzene rings is 6. The highest BCUT2D eigenvalue weighted by Gasteiger charge is 2.30. The number of alkyl carbamates (subject to hydrolysis) is 2. The number of rotatable bonds is 24. The van der Waals surface area contributed by atoms with Crippen LogP contribution in [0, 0.1) is 11.8 Å². The van der Waals surface area contributed by atoms with Gasteiger partial charge in [0.2, 0.25) is 11.8 Å². The Morgan fingerprint density at radius 1 is 0.438 bits per heavy atom. The minimum atomic E-state index is -4.06. The molecule has 73 heavy (non-hydrogen) atoms. The SMILES string of the molecule is CC(C)C[C@H](NC(=O)OCc1ccccc1)C(=O)NC(=CCS(=O)(=O)CC=C(NC(=O)[C@H](CC(C)C)NC(=O)OCc1ccccc1)C(c1ccccc1)c1ccccc1)C(c1ccccc1)c1ccccc1. The van der Waals surface area contributed by atoms with Crippen LogP contribution in [0.15, 0.2) is 206 Å². The molecule has 0 aliphatic rings. The summed E-state index contributed by atoms with van der Waals surface area (Å²) in [6.45, 7) is 7.75. The fraction of sp³-hybridized carbons (Fsp3) is 0.267. The van der Waals surface area contributed by atoms with Gasteiger partial charge < -0.3 is 30.7 Å². The predicted octanol–water partition coefficient (Wildman–Crippen LogP) is 10.7. The maximum absolute atomic E-state index is 14.6. The lowest BCUT2D eigenvalue weighted by atomic mass is 9.88. The molecule has 0 spiro atoms. The van der Waals surface area contributed by atoms with Crippen LogP contribution >= 0.6 is 0 Å². The molecule has 12 nitrogen and oxygen atoms in total. The van der Waals surface area contributed by atoms with Gasteiger partial charge in [0, 0.05) is 23.2 Å². The molecule has 4 amide bonds. The average molecular weight is 1000 g/mol. The van der Waals surface area contributed by atoms with Crippen molar-refractivity contribution in [2.45, 2.75) is 77.7 Å². The normalized spacial score (nSPS) is 12.8. The Balaban J connectivity index is 1.34. The lowest BCUT2D eigenvalue weighted by Gasteiger charge is -2.26. The number of hydrogen-bond donors (Lipinski definition) is 4. The molecule has 0 saturated carbocycles. The number of allylic oxidation sites excluding steroid dienone is 2. The van der Waals surface area contributed by atoms with Crippen LogP contribution in [0.1, 0.15) is 85.8 Å². The van der Waals surface area contributed by atoms with Gasteiger partial charge in [-0.15, -0.1) is 0 Å². The lowest BCUT2D eigenvalue weighted by Crippen LogP contribution is -2.48. The van der Waals surface area contributed by atoms with Gasteiger partial charge >= 0.3 is 12.2 Å². The molecule has 0 radical (unpaired) electrons. The summed E-state index contributed by atoms with van der Waals surface area (Å²) in [4.78, 5) is 55.4. The third kappa shape index (κ3) is 17.8. The highest BCUT2D eigenvalue weighted by atomic mass is 32.2. The topological polar surface area (TPSA) is 169 Å². The van der Waals surface area contributed by atoms with Crippen molar-refractivity contribution in [1.82, 2.24) is 21.3 Å². The molecule has 6 rings (SSSR count). The Hall–Kier alpha value is -7.77. The van der Waals surface area contributed by atoms with Gasteiger partial charge in [0.05, 0.1) is 11.5 Å². The summed E-state index contributed by atoms with van der Waals surface area (Å²) < 4.78 is 40.2. The van der Waals surface area contributed by atoms with E-state index in [4.69, 9.17) is 9.47 Å².